The average molecular weight is 298 g/mol. The Kier molecular flexibility index (Phi) is 4.92. The van der Waals surface area contributed by atoms with Crippen LogP contribution in [0.4, 0.5) is 5.69 Å². The van der Waals surface area contributed by atoms with Gasteiger partial charge in [-0.15, -0.1) is 0 Å². The highest BCUT2D eigenvalue weighted by Gasteiger charge is 2.22. The molecule has 0 spiro atoms. The molecule has 1 aromatic carbocycles. The molecule has 0 bridgehead atoms. The average Bonchev–Trinajstić information content (AvgIpc) is 3.19. The maximum Gasteiger partial charge on any atom is 0.275 e. The monoisotopic (exact) mass is 297 g/mol. The van der Waals surface area contributed by atoms with Crippen molar-refractivity contribution >= 4 is 23.2 Å². The zero-order valence-corrected chi connectivity index (χ0v) is 11.7. The van der Waals surface area contributed by atoms with E-state index in [1.807, 2.05) is 0 Å². The van der Waals surface area contributed by atoms with Crippen molar-refractivity contribution in [3.8, 4) is 0 Å². The topological polar surface area (TPSA) is 84.3 Å². The van der Waals surface area contributed by atoms with Gasteiger partial charge in [-0.3, -0.25) is 14.9 Å². The third-order valence-electron chi connectivity index (χ3n) is 3.06. The van der Waals surface area contributed by atoms with Crippen LogP contribution in [0, 0.1) is 10.1 Å². The standard InChI is InChI=1S/C13H16ClN3O3/c14-11-2-1-3-12(17(19)20)10(11)8-15-7-6-13(18)16-9-4-5-9/h1-3,9,15H,4-8H2,(H,16,18). The number of hydrogen-bond donors (Lipinski definition) is 2. The highest BCUT2D eigenvalue weighted by atomic mass is 35.5. The highest BCUT2D eigenvalue weighted by Crippen LogP contribution is 2.25. The Morgan fingerprint density at radius 1 is 1.45 bits per heavy atom. The maximum atomic E-state index is 11.5. The Bertz CT molecular complexity index is 518. The minimum Gasteiger partial charge on any atom is -0.353 e. The number of carbonyl (C=O) groups excluding carboxylic acids is 1. The first-order valence-electron chi connectivity index (χ1n) is 6.50. The number of hydrogen-bond acceptors (Lipinski definition) is 4. The first kappa shape index (κ1) is 14.7. The van der Waals surface area contributed by atoms with E-state index in [0.717, 1.165) is 12.8 Å². The second-order valence-electron chi connectivity index (χ2n) is 4.76. The predicted molar refractivity (Wildman–Crippen MR) is 75.6 cm³/mol. The second-order valence-corrected chi connectivity index (χ2v) is 5.17. The molecule has 20 heavy (non-hydrogen) atoms. The predicted octanol–water partition coefficient (Wildman–Crippen LogP) is 2.01. The number of nitro groups is 1. The molecule has 0 aromatic heterocycles. The van der Waals surface area contributed by atoms with Gasteiger partial charge in [0.2, 0.25) is 5.91 Å². The number of nitrogens with one attached hydrogen (secondary N) is 2. The Morgan fingerprint density at radius 3 is 2.85 bits per heavy atom. The van der Waals surface area contributed by atoms with Crippen molar-refractivity contribution in [2.45, 2.75) is 31.8 Å². The molecule has 0 saturated heterocycles. The largest absolute Gasteiger partial charge is 0.353 e. The summed E-state index contributed by atoms with van der Waals surface area (Å²) in [7, 11) is 0. The van der Waals surface area contributed by atoms with Gasteiger partial charge in [0.1, 0.15) is 0 Å². The lowest BCUT2D eigenvalue weighted by Gasteiger charge is -2.07. The van der Waals surface area contributed by atoms with Gasteiger partial charge in [0.25, 0.3) is 5.69 Å². The Balaban J connectivity index is 1.81. The van der Waals surface area contributed by atoms with Gasteiger partial charge in [-0.25, -0.2) is 0 Å². The Morgan fingerprint density at radius 2 is 2.20 bits per heavy atom. The third-order valence-corrected chi connectivity index (χ3v) is 3.42. The molecular formula is C13H16ClN3O3. The number of benzene rings is 1. The van der Waals surface area contributed by atoms with Gasteiger partial charge in [0.15, 0.2) is 0 Å². The lowest BCUT2D eigenvalue weighted by molar-refractivity contribution is -0.385. The number of carbonyl (C=O) groups is 1. The molecule has 7 heteroatoms. The van der Waals surface area contributed by atoms with E-state index in [2.05, 4.69) is 10.6 Å². The molecule has 2 N–H and O–H groups in total. The van der Waals surface area contributed by atoms with Gasteiger partial charge < -0.3 is 10.6 Å². The summed E-state index contributed by atoms with van der Waals surface area (Å²) in [6.07, 6.45) is 2.48. The summed E-state index contributed by atoms with van der Waals surface area (Å²) in [5, 5.41) is 17.1. The van der Waals surface area contributed by atoms with Crippen molar-refractivity contribution in [1.29, 1.82) is 0 Å². The Hall–Kier alpha value is -1.66. The van der Waals surface area contributed by atoms with Gasteiger partial charge in [0, 0.05) is 31.6 Å². The van der Waals surface area contributed by atoms with Crippen LogP contribution in [-0.4, -0.2) is 23.4 Å². The summed E-state index contributed by atoms with van der Waals surface area (Å²) in [5.74, 6) is 0.00802. The van der Waals surface area contributed by atoms with Crippen molar-refractivity contribution in [3.05, 3.63) is 38.9 Å². The minimum atomic E-state index is -0.456. The van der Waals surface area contributed by atoms with E-state index in [9.17, 15) is 14.9 Å². The van der Waals surface area contributed by atoms with Crippen molar-refractivity contribution in [2.75, 3.05) is 6.54 Å². The van der Waals surface area contributed by atoms with Crippen molar-refractivity contribution in [2.24, 2.45) is 0 Å². The van der Waals surface area contributed by atoms with Crippen LogP contribution in [0.3, 0.4) is 0 Å². The molecule has 2 rings (SSSR count). The fraction of sp³-hybridized carbons (Fsp3) is 0.462. The molecule has 1 fully saturated rings. The number of halogens is 1. The molecule has 1 aliphatic carbocycles. The van der Waals surface area contributed by atoms with Crippen LogP contribution in [0.25, 0.3) is 0 Å². The van der Waals surface area contributed by atoms with E-state index in [-0.39, 0.29) is 18.1 Å². The molecule has 1 amide bonds. The zero-order chi connectivity index (χ0) is 14.5. The van der Waals surface area contributed by atoms with Crippen LogP contribution in [0.1, 0.15) is 24.8 Å². The normalized spacial score (nSPS) is 14.1. The molecule has 108 valence electrons. The first-order chi connectivity index (χ1) is 9.58. The smallest absolute Gasteiger partial charge is 0.275 e. The molecule has 0 radical (unpaired) electrons. The second kappa shape index (κ2) is 6.67. The fourth-order valence-corrected chi connectivity index (χ4v) is 2.07. The van der Waals surface area contributed by atoms with Crippen molar-refractivity contribution < 1.29 is 9.72 Å². The molecule has 1 saturated carbocycles. The molecular weight excluding hydrogens is 282 g/mol. The van der Waals surface area contributed by atoms with Crippen LogP contribution in [-0.2, 0) is 11.3 Å². The molecule has 1 aliphatic rings. The van der Waals surface area contributed by atoms with Crippen LogP contribution in [0.5, 0.6) is 0 Å². The van der Waals surface area contributed by atoms with Gasteiger partial charge in [0.05, 0.1) is 15.5 Å². The van der Waals surface area contributed by atoms with E-state index in [0.29, 0.717) is 29.6 Å². The maximum absolute atomic E-state index is 11.5. The lowest BCUT2D eigenvalue weighted by atomic mass is 10.2. The summed E-state index contributed by atoms with van der Waals surface area (Å²) in [4.78, 5) is 21.9. The van der Waals surface area contributed by atoms with Crippen LogP contribution < -0.4 is 10.6 Å². The van der Waals surface area contributed by atoms with Gasteiger partial charge in [-0.05, 0) is 18.9 Å². The summed E-state index contributed by atoms with van der Waals surface area (Å²) in [6.45, 7) is 0.730. The van der Waals surface area contributed by atoms with Crippen LogP contribution >= 0.6 is 11.6 Å². The molecule has 0 atom stereocenters. The fourth-order valence-electron chi connectivity index (χ4n) is 1.84. The highest BCUT2D eigenvalue weighted by molar-refractivity contribution is 6.31. The molecule has 6 nitrogen and oxygen atoms in total. The van der Waals surface area contributed by atoms with Crippen LogP contribution in [0.2, 0.25) is 5.02 Å². The van der Waals surface area contributed by atoms with Crippen molar-refractivity contribution in [1.82, 2.24) is 10.6 Å². The molecule has 0 unspecified atom stereocenters. The number of nitro benzene ring substituents is 1. The Labute approximate surface area is 121 Å². The minimum absolute atomic E-state index is 0.00701. The molecule has 1 aromatic rings. The number of nitrogens with zero attached hydrogens (tertiary/aromatic N) is 1. The van der Waals surface area contributed by atoms with E-state index in [1.165, 1.54) is 6.07 Å². The zero-order valence-electron chi connectivity index (χ0n) is 10.9. The van der Waals surface area contributed by atoms with E-state index >= 15 is 0 Å². The van der Waals surface area contributed by atoms with Crippen molar-refractivity contribution in [3.63, 3.8) is 0 Å². The summed E-state index contributed by atoms with van der Waals surface area (Å²) in [5.41, 5.74) is 0.439. The van der Waals surface area contributed by atoms with Gasteiger partial charge in [-0.2, -0.15) is 0 Å². The van der Waals surface area contributed by atoms with Gasteiger partial charge >= 0.3 is 0 Å². The summed E-state index contributed by atoms with van der Waals surface area (Å²) < 4.78 is 0. The molecule has 0 aliphatic heterocycles. The molecule has 0 heterocycles. The third kappa shape index (κ3) is 4.18. The van der Waals surface area contributed by atoms with Crippen LogP contribution in [0.15, 0.2) is 18.2 Å². The first-order valence-corrected chi connectivity index (χ1v) is 6.87. The quantitative estimate of drug-likeness (QED) is 0.458. The SMILES string of the molecule is O=C(CCNCc1c(Cl)cccc1[N+](=O)[O-])NC1CC1. The lowest BCUT2D eigenvalue weighted by Crippen LogP contribution is -2.29. The number of rotatable bonds is 7. The van der Waals surface area contributed by atoms with E-state index < -0.39 is 4.92 Å². The van der Waals surface area contributed by atoms with E-state index in [4.69, 9.17) is 11.6 Å². The summed E-state index contributed by atoms with van der Waals surface area (Å²) in [6, 6.07) is 4.94. The van der Waals surface area contributed by atoms with Gasteiger partial charge in [-0.1, -0.05) is 17.7 Å². The number of amides is 1. The van der Waals surface area contributed by atoms with E-state index in [1.54, 1.807) is 12.1 Å². The summed E-state index contributed by atoms with van der Waals surface area (Å²) >= 11 is 5.97.